The number of nitrogens with zero attached hydrogens (tertiary/aromatic N) is 2. The highest BCUT2D eigenvalue weighted by molar-refractivity contribution is 5.37. The molecule has 1 atom stereocenters. The molecule has 0 aliphatic rings. The highest BCUT2D eigenvalue weighted by Gasteiger charge is 2.35. The van der Waals surface area contributed by atoms with Crippen molar-refractivity contribution in [2.75, 3.05) is 18.6 Å². The fourth-order valence-corrected chi connectivity index (χ4v) is 1.21. The molecule has 1 aromatic heterocycles. The van der Waals surface area contributed by atoms with Gasteiger partial charge in [-0.1, -0.05) is 0 Å². The monoisotopic (exact) mass is 280 g/mol. The maximum Gasteiger partial charge on any atom is 0.451 e. The molecule has 1 rings (SSSR count). The molecule has 19 heavy (non-hydrogen) atoms. The van der Waals surface area contributed by atoms with Crippen LogP contribution in [-0.2, 0) is 10.9 Å². The fraction of sp³-hybridized carbons (Fsp3) is 0.600. The van der Waals surface area contributed by atoms with Gasteiger partial charge in [0.15, 0.2) is 0 Å². The van der Waals surface area contributed by atoms with Crippen LogP contribution >= 0.6 is 0 Å². The normalized spacial score (nSPS) is 13.2. The van der Waals surface area contributed by atoms with Crippen LogP contribution in [0.4, 0.5) is 19.0 Å². The molecule has 0 radical (unpaired) electrons. The summed E-state index contributed by atoms with van der Waals surface area (Å²) >= 11 is 0. The first-order chi connectivity index (χ1) is 8.86. The van der Waals surface area contributed by atoms with E-state index in [9.17, 15) is 13.2 Å². The highest BCUT2D eigenvalue weighted by atomic mass is 19.4. The summed E-state index contributed by atoms with van der Waals surface area (Å²) in [7, 11) is 0. The molecule has 0 saturated carbocycles. The molecule has 0 aromatic carbocycles. The largest absolute Gasteiger partial charge is 0.472 e. The summed E-state index contributed by atoms with van der Waals surface area (Å²) in [4.78, 5) is 6.50. The van der Waals surface area contributed by atoms with E-state index in [0.717, 1.165) is 0 Å². The van der Waals surface area contributed by atoms with E-state index >= 15 is 0 Å². The van der Waals surface area contributed by atoms with Gasteiger partial charge in [0.2, 0.25) is 11.7 Å². The maximum absolute atomic E-state index is 12.6. The van der Waals surface area contributed by atoms with Gasteiger partial charge >= 0.3 is 6.18 Å². The van der Waals surface area contributed by atoms with Crippen molar-refractivity contribution in [2.45, 2.75) is 26.1 Å². The van der Waals surface area contributed by atoms with Gasteiger partial charge in [-0.05, 0) is 13.8 Å². The Morgan fingerprint density at radius 3 is 2.63 bits per heavy atom. The van der Waals surface area contributed by atoms with E-state index in [4.69, 9.17) is 15.3 Å². The van der Waals surface area contributed by atoms with E-state index in [1.165, 1.54) is 6.07 Å². The Labute approximate surface area is 108 Å². The number of hydrogen-bond acceptors (Lipinski definition) is 6. The topological polar surface area (TPSA) is 82.3 Å². The predicted octanol–water partition coefficient (Wildman–Crippen LogP) is 1.58. The second kappa shape index (κ2) is 6.53. The van der Waals surface area contributed by atoms with Gasteiger partial charge in [0.1, 0.15) is 11.9 Å². The molecule has 0 aliphatic heterocycles. The molecule has 0 saturated heterocycles. The first-order valence-corrected chi connectivity index (χ1v) is 5.54. The molecular formula is C10H15F3N4O2. The van der Waals surface area contributed by atoms with Crippen LogP contribution < -0.4 is 16.0 Å². The standard InChI is InChI=1S/C10H15F3N4O2/c1-3-18-5-6(2)19-8-4-7(17-14)15-9(16-8)10(11,12)13/h4,6H,3,5,14H2,1-2H3,(H,15,16,17). The minimum Gasteiger partial charge on any atom is -0.472 e. The van der Waals surface area contributed by atoms with Gasteiger partial charge < -0.3 is 14.9 Å². The fourth-order valence-electron chi connectivity index (χ4n) is 1.21. The van der Waals surface area contributed by atoms with Crippen molar-refractivity contribution in [2.24, 2.45) is 5.84 Å². The van der Waals surface area contributed by atoms with Crippen LogP contribution in [0.25, 0.3) is 0 Å². The minimum atomic E-state index is -4.67. The third kappa shape index (κ3) is 4.87. The van der Waals surface area contributed by atoms with Gasteiger partial charge in [0.05, 0.1) is 6.61 Å². The second-order valence-electron chi connectivity index (χ2n) is 3.65. The Bertz CT molecular complexity index is 414. The van der Waals surface area contributed by atoms with E-state index in [-0.39, 0.29) is 18.3 Å². The van der Waals surface area contributed by atoms with Gasteiger partial charge in [-0.2, -0.15) is 18.2 Å². The van der Waals surface area contributed by atoms with Crippen molar-refractivity contribution in [3.8, 4) is 5.88 Å². The van der Waals surface area contributed by atoms with Gasteiger partial charge in [-0.15, -0.1) is 0 Å². The zero-order valence-corrected chi connectivity index (χ0v) is 10.5. The van der Waals surface area contributed by atoms with Gasteiger partial charge in [-0.25, -0.2) is 10.8 Å². The number of rotatable bonds is 6. The van der Waals surface area contributed by atoms with Crippen LogP contribution in [0.2, 0.25) is 0 Å². The lowest BCUT2D eigenvalue weighted by Gasteiger charge is -2.15. The van der Waals surface area contributed by atoms with Gasteiger partial charge in [0, 0.05) is 12.7 Å². The van der Waals surface area contributed by atoms with Gasteiger partial charge in [-0.3, -0.25) is 0 Å². The zero-order chi connectivity index (χ0) is 14.5. The summed E-state index contributed by atoms with van der Waals surface area (Å²) in [5.74, 6) is 3.34. The summed E-state index contributed by atoms with van der Waals surface area (Å²) in [6, 6.07) is 1.18. The summed E-state index contributed by atoms with van der Waals surface area (Å²) in [5.41, 5.74) is 2.03. The van der Waals surface area contributed by atoms with Crippen molar-refractivity contribution in [1.82, 2.24) is 9.97 Å². The Balaban J connectivity index is 2.88. The number of halogens is 3. The van der Waals surface area contributed by atoms with Crippen molar-refractivity contribution in [1.29, 1.82) is 0 Å². The molecule has 108 valence electrons. The van der Waals surface area contributed by atoms with Crippen LogP contribution in [0.1, 0.15) is 19.7 Å². The zero-order valence-electron chi connectivity index (χ0n) is 10.5. The molecule has 0 amide bonds. The number of nitrogens with one attached hydrogen (secondary N) is 1. The van der Waals surface area contributed by atoms with Crippen LogP contribution in [0.3, 0.4) is 0 Å². The Kier molecular flexibility index (Phi) is 5.31. The van der Waals surface area contributed by atoms with Crippen molar-refractivity contribution in [3.05, 3.63) is 11.9 Å². The summed E-state index contributed by atoms with van der Waals surface area (Å²) in [5, 5.41) is 0. The summed E-state index contributed by atoms with van der Waals surface area (Å²) in [6.45, 7) is 4.18. The molecular weight excluding hydrogens is 265 g/mol. The molecule has 9 heteroatoms. The summed E-state index contributed by atoms with van der Waals surface area (Å²) in [6.07, 6.45) is -5.12. The van der Waals surface area contributed by atoms with E-state index in [1.54, 1.807) is 13.8 Å². The van der Waals surface area contributed by atoms with Crippen LogP contribution in [0, 0.1) is 0 Å². The molecule has 0 bridgehead atoms. The van der Waals surface area contributed by atoms with Crippen LogP contribution in [0.15, 0.2) is 6.07 Å². The highest BCUT2D eigenvalue weighted by Crippen LogP contribution is 2.28. The lowest BCUT2D eigenvalue weighted by Crippen LogP contribution is -2.22. The number of alkyl halides is 3. The minimum absolute atomic E-state index is 0.180. The molecule has 0 spiro atoms. The van der Waals surface area contributed by atoms with E-state index in [1.807, 2.05) is 5.43 Å². The number of ether oxygens (including phenoxy) is 2. The lowest BCUT2D eigenvalue weighted by atomic mass is 10.4. The number of hydrogen-bond donors (Lipinski definition) is 2. The quantitative estimate of drug-likeness (QED) is 0.608. The smallest absolute Gasteiger partial charge is 0.451 e. The number of nitrogens with two attached hydrogens (primary N) is 1. The Morgan fingerprint density at radius 1 is 1.42 bits per heavy atom. The molecule has 0 aliphatic carbocycles. The van der Waals surface area contributed by atoms with Crippen molar-refractivity contribution >= 4 is 5.82 Å². The second-order valence-corrected chi connectivity index (χ2v) is 3.65. The van der Waals surface area contributed by atoms with Crippen molar-refractivity contribution in [3.63, 3.8) is 0 Å². The molecule has 1 aromatic rings. The van der Waals surface area contributed by atoms with Crippen molar-refractivity contribution < 1.29 is 22.6 Å². The lowest BCUT2D eigenvalue weighted by molar-refractivity contribution is -0.145. The Morgan fingerprint density at radius 2 is 2.11 bits per heavy atom. The van der Waals surface area contributed by atoms with E-state index in [0.29, 0.717) is 6.61 Å². The predicted molar refractivity (Wildman–Crippen MR) is 61.4 cm³/mol. The number of hydrazine groups is 1. The molecule has 1 heterocycles. The SMILES string of the molecule is CCOCC(C)Oc1cc(NN)nc(C(F)(F)F)n1. The summed E-state index contributed by atoms with van der Waals surface area (Å²) < 4.78 is 48.0. The van der Waals surface area contributed by atoms with E-state index < -0.39 is 18.1 Å². The molecule has 6 nitrogen and oxygen atoms in total. The molecule has 3 N–H and O–H groups in total. The number of aromatic nitrogens is 2. The maximum atomic E-state index is 12.6. The van der Waals surface area contributed by atoms with Gasteiger partial charge in [0.25, 0.3) is 0 Å². The number of nitrogen functional groups attached to an aromatic ring is 1. The molecule has 0 fully saturated rings. The van der Waals surface area contributed by atoms with Crippen LogP contribution in [0.5, 0.6) is 5.88 Å². The van der Waals surface area contributed by atoms with Crippen LogP contribution in [-0.4, -0.2) is 29.3 Å². The Hall–Kier alpha value is -1.61. The first kappa shape index (κ1) is 15.4. The average molecular weight is 280 g/mol. The number of anilines is 1. The first-order valence-electron chi connectivity index (χ1n) is 5.54. The molecule has 1 unspecified atom stereocenters. The third-order valence-electron chi connectivity index (χ3n) is 1.98. The van der Waals surface area contributed by atoms with E-state index in [2.05, 4.69) is 9.97 Å². The average Bonchev–Trinajstić information content (AvgIpc) is 2.34. The third-order valence-corrected chi connectivity index (χ3v) is 1.98.